The van der Waals surface area contributed by atoms with Gasteiger partial charge in [0.1, 0.15) is 5.75 Å². The van der Waals surface area contributed by atoms with E-state index in [0.29, 0.717) is 6.04 Å². The molecule has 0 unspecified atom stereocenters. The Morgan fingerprint density at radius 1 is 1.27 bits per heavy atom. The van der Waals surface area contributed by atoms with E-state index in [1.54, 1.807) is 7.11 Å². The molecule has 0 bridgehead atoms. The van der Waals surface area contributed by atoms with E-state index in [1.165, 1.54) is 61.1 Å². The van der Waals surface area contributed by atoms with Crippen LogP contribution in [0, 0.1) is 0 Å². The summed E-state index contributed by atoms with van der Waals surface area (Å²) in [5, 5.41) is 5.06. The lowest BCUT2D eigenvalue weighted by Gasteiger charge is -2.26. The minimum atomic E-state index is 0.461. The summed E-state index contributed by atoms with van der Waals surface area (Å²) in [6, 6.07) is 6.85. The van der Waals surface area contributed by atoms with Gasteiger partial charge >= 0.3 is 0 Å². The quantitative estimate of drug-likeness (QED) is 0.912. The summed E-state index contributed by atoms with van der Waals surface area (Å²) in [7, 11) is 1.73. The highest BCUT2D eigenvalue weighted by molar-refractivity contribution is 5.86. The van der Waals surface area contributed by atoms with Gasteiger partial charge in [0.2, 0.25) is 0 Å². The van der Waals surface area contributed by atoms with Gasteiger partial charge in [-0.05, 0) is 69.6 Å². The maximum Gasteiger partial charge on any atom is 0.120 e. The monoisotopic (exact) mass is 299 g/mol. The molecule has 1 aromatic carbocycles. The highest BCUT2D eigenvalue weighted by Crippen LogP contribution is 2.33. The highest BCUT2D eigenvalue weighted by Gasteiger charge is 2.24. The summed E-state index contributed by atoms with van der Waals surface area (Å²) in [5.41, 5.74) is 4.11. The van der Waals surface area contributed by atoms with Crippen LogP contribution >= 0.6 is 0 Å². The van der Waals surface area contributed by atoms with E-state index in [1.807, 2.05) is 0 Å². The standard InChI is InChI=1S/C18H25N3O/c1-22-13-4-5-14-15-6-8-19-16(18(15)20-17(14)12-13)7-11-21-9-2-3-10-21/h4-5,12,16,19-20H,2-3,6-11H2,1H3/t16-/m1/s1. The molecule has 4 heteroatoms. The number of H-pyrrole nitrogens is 1. The number of rotatable bonds is 4. The fourth-order valence-corrected chi connectivity index (χ4v) is 3.99. The second-order valence-electron chi connectivity index (χ2n) is 6.52. The number of fused-ring (bicyclic) bond motifs is 3. The summed E-state index contributed by atoms with van der Waals surface area (Å²) in [4.78, 5) is 6.25. The zero-order valence-electron chi connectivity index (χ0n) is 13.3. The van der Waals surface area contributed by atoms with Crippen LogP contribution in [0.4, 0.5) is 0 Å². The van der Waals surface area contributed by atoms with Crippen molar-refractivity contribution in [2.45, 2.75) is 31.7 Å². The predicted octanol–water partition coefficient (Wildman–Crippen LogP) is 2.85. The van der Waals surface area contributed by atoms with Crippen LogP contribution in [0.5, 0.6) is 5.75 Å². The van der Waals surface area contributed by atoms with Gasteiger partial charge in [0, 0.05) is 28.7 Å². The minimum absolute atomic E-state index is 0.461. The fraction of sp³-hybridized carbons (Fsp3) is 0.556. The van der Waals surface area contributed by atoms with Crippen molar-refractivity contribution >= 4 is 10.9 Å². The SMILES string of the molecule is COc1ccc2c3c([nH]c2c1)[C@@H](CCN1CCCC1)NCC3. The molecule has 4 rings (SSSR count). The number of hydrogen-bond acceptors (Lipinski definition) is 3. The number of hydrogen-bond donors (Lipinski definition) is 2. The number of aromatic amines is 1. The van der Waals surface area contributed by atoms with Crippen molar-refractivity contribution < 1.29 is 4.74 Å². The van der Waals surface area contributed by atoms with E-state index in [0.717, 1.165) is 18.7 Å². The molecule has 0 aliphatic carbocycles. The first kappa shape index (κ1) is 14.1. The Hall–Kier alpha value is -1.52. The van der Waals surface area contributed by atoms with Gasteiger partial charge in [0.05, 0.1) is 7.11 Å². The van der Waals surface area contributed by atoms with Gasteiger partial charge in [0.15, 0.2) is 0 Å². The molecule has 2 aromatic rings. The van der Waals surface area contributed by atoms with Crippen molar-refractivity contribution in [1.82, 2.24) is 15.2 Å². The highest BCUT2D eigenvalue weighted by atomic mass is 16.5. The third-order valence-electron chi connectivity index (χ3n) is 5.19. The Labute approximate surface area is 131 Å². The third kappa shape index (κ3) is 2.50. The van der Waals surface area contributed by atoms with Gasteiger partial charge < -0.3 is 19.9 Å². The molecular formula is C18H25N3O. The van der Waals surface area contributed by atoms with E-state index >= 15 is 0 Å². The van der Waals surface area contributed by atoms with Crippen LogP contribution in [0.3, 0.4) is 0 Å². The molecule has 1 saturated heterocycles. The second-order valence-corrected chi connectivity index (χ2v) is 6.52. The summed E-state index contributed by atoms with van der Waals surface area (Å²) in [6.07, 6.45) is 5.05. The average Bonchev–Trinajstić information content (AvgIpc) is 3.19. The topological polar surface area (TPSA) is 40.3 Å². The second kappa shape index (κ2) is 5.94. The molecule has 3 heterocycles. The Balaban J connectivity index is 1.59. The summed E-state index contributed by atoms with van der Waals surface area (Å²) >= 11 is 0. The molecule has 0 saturated carbocycles. The number of ether oxygens (including phenoxy) is 1. The minimum Gasteiger partial charge on any atom is -0.497 e. The number of benzene rings is 1. The van der Waals surface area contributed by atoms with Crippen molar-refractivity contribution in [2.75, 3.05) is 33.3 Å². The van der Waals surface area contributed by atoms with Crippen molar-refractivity contribution in [3.8, 4) is 5.75 Å². The molecule has 22 heavy (non-hydrogen) atoms. The van der Waals surface area contributed by atoms with E-state index in [-0.39, 0.29) is 0 Å². The van der Waals surface area contributed by atoms with E-state index < -0.39 is 0 Å². The normalized spacial score (nSPS) is 22.1. The number of likely N-dealkylation sites (tertiary alicyclic amines) is 1. The van der Waals surface area contributed by atoms with Crippen LogP contribution in [0.2, 0.25) is 0 Å². The smallest absolute Gasteiger partial charge is 0.120 e. The van der Waals surface area contributed by atoms with Gasteiger partial charge in [-0.15, -0.1) is 0 Å². The Morgan fingerprint density at radius 2 is 2.14 bits per heavy atom. The average molecular weight is 299 g/mol. The first-order valence-electron chi connectivity index (χ1n) is 8.49. The lowest BCUT2D eigenvalue weighted by atomic mass is 9.97. The van der Waals surface area contributed by atoms with Crippen molar-refractivity contribution in [3.63, 3.8) is 0 Å². The lowest BCUT2D eigenvalue weighted by Crippen LogP contribution is -2.33. The van der Waals surface area contributed by atoms with E-state index in [2.05, 4.69) is 33.4 Å². The fourth-order valence-electron chi connectivity index (χ4n) is 3.99. The third-order valence-corrected chi connectivity index (χ3v) is 5.19. The number of nitrogens with one attached hydrogen (secondary N) is 2. The molecule has 0 spiro atoms. The van der Waals surface area contributed by atoms with Crippen LogP contribution in [-0.2, 0) is 6.42 Å². The number of aromatic nitrogens is 1. The molecule has 0 radical (unpaired) electrons. The van der Waals surface area contributed by atoms with E-state index in [4.69, 9.17) is 4.74 Å². The molecule has 2 aliphatic rings. The zero-order chi connectivity index (χ0) is 14.9. The molecular weight excluding hydrogens is 274 g/mol. The predicted molar refractivity (Wildman–Crippen MR) is 89.6 cm³/mol. The zero-order valence-corrected chi connectivity index (χ0v) is 13.3. The van der Waals surface area contributed by atoms with Gasteiger partial charge in [-0.3, -0.25) is 0 Å². The van der Waals surface area contributed by atoms with Crippen LogP contribution in [0.1, 0.15) is 36.6 Å². The molecule has 1 aromatic heterocycles. The van der Waals surface area contributed by atoms with Gasteiger partial charge in [-0.25, -0.2) is 0 Å². The number of nitrogens with zero attached hydrogens (tertiary/aromatic N) is 1. The van der Waals surface area contributed by atoms with Crippen molar-refractivity contribution in [1.29, 1.82) is 0 Å². The largest absolute Gasteiger partial charge is 0.497 e. The van der Waals surface area contributed by atoms with Gasteiger partial charge in [0.25, 0.3) is 0 Å². The van der Waals surface area contributed by atoms with E-state index in [9.17, 15) is 0 Å². The van der Waals surface area contributed by atoms with Gasteiger partial charge in [-0.1, -0.05) is 0 Å². The summed E-state index contributed by atoms with van der Waals surface area (Å²) < 4.78 is 5.35. The van der Waals surface area contributed by atoms with Crippen LogP contribution < -0.4 is 10.1 Å². The molecule has 118 valence electrons. The Kier molecular flexibility index (Phi) is 3.80. The first-order valence-corrected chi connectivity index (χ1v) is 8.49. The van der Waals surface area contributed by atoms with Crippen LogP contribution in [0.15, 0.2) is 18.2 Å². The van der Waals surface area contributed by atoms with Crippen molar-refractivity contribution in [3.05, 3.63) is 29.5 Å². The number of methoxy groups -OCH3 is 1. The first-order chi connectivity index (χ1) is 10.8. The maximum absolute atomic E-state index is 5.35. The summed E-state index contributed by atoms with van der Waals surface area (Å²) in [5.74, 6) is 0.924. The Morgan fingerprint density at radius 3 is 2.95 bits per heavy atom. The molecule has 2 aliphatic heterocycles. The lowest BCUT2D eigenvalue weighted by molar-refractivity contribution is 0.305. The van der Waals surface area contributed by atoms with Crippen molar-refractivity contribution in [2.24, 2.45) is 0 Å². The molecule has 1 fully saturated rings. The molecule has 1 atom stereocenters. The van der Waals surface area contributed by atoms with Gasteiger partial charge in [-0.2, -0.15) is 0 Å². The maximum atomic E-state index is 5.35. The molecule has 2 N–H and O–H groups in total. The van der Waals surface area contributed by atoms with Crippen LogP contribution in [0.25, 0.3) is 10.9 Å². The molecule has 4 nitrogen and oxygen atoms in total. The molecule has 0 amide bonds. The summed E-state index contributed by atoms with van der Waals surface area (Å²) in [6.45, 7) is 4.85. The Bertz CT molecular complexity index is 658. The van der Waals surface area contributed by atoms with Crippen LogP contribution in [-0.4, -0.2) is 43.2 Å².